The molecule has 1 aliphatic rings. The fourth-order valence-electron chi connectivity index (χ4n) is 3.77. The quantitative estimate of drug-likeness (QED) is 0.413. The smallest absolute Gasteiger partial charge is 0.337 e. The number of H-pyrrole nitrogens is 1. The number of aromatic amines is 1. The molecule has 0 radical (unpaired) electrons. The van der Waals surface area contributed by atoms with Crippen LogP contribution in [0, 0.1) is 11.6 Å². The molecule has 168 valence electrons. The predicted molar refractivity (Wildman–Crippen MR) is 117 cm³/mol. The summed E-state index contributed by atoms with van der Waals surface area (Å²) >= 11 is 6.30. The van der Waals surface area contributed by atoms with Gasteiger partial charge in [-0.05, 0) is 47.5 Å². The number of hydrogen-bond donors (Lipinski definition) is 2. The molecule has 34 heavy (non-hydrogen) atoms. The maximum absolute atomic E-state index is 13.8. The highest BCUT2D eigenvalue weighted by molar-refractivity contribution is 6.38. The highest BCUT2D eigenvalue weighted by Crippen LogP contribution is 2.38. The Bertz CT molecular complexity index is 1520. The Kier molecular flexibility index (Phi) is 4.94. The van der Waals surface area contributed by atoms with Crippen molar-refractivity contribution in [3.8, 4) is 22.4 Å². The molecule has 8 nitrogen and oxygen atoms in total. The molecule has 2 heterocycles. The fraction of sp³-hybridized carbons (Fsp3) is 0. The zero-order chi connectivity index (χ0) is 24.1. The van der Waals surface area contributed by atoms with Crippen LogP contribution in [0.3, 0.4) is 0 Å². The van der Waals surface area contributed by atoms with Crippen LogP contribution in [0.25, 0.3) is 22.4 Å². The number of carbonyl (C=O) groups is 3. The number of nitrogens with one attached hydrogen (secondary N) is 1. The SMILES string of the molecule is O=C(O)c1ccc(-c2ccc(F)c(F)c2)cc1N1C(=O)c2cc(Cl)c(-c3cnn[nH]3)cc2C1=O. The van der Waals surface area contributed by atoms with E-state index in [0.29, 0.717) is 11.3 Å². The van der Waals surface area contributed by atoms with E-state index >= 15 is 0 Å². The third-order valence-corrected chi connectivity index (χ3v) is 5.71. The molecule has 11 heteroatoms. The van der Waals surface area contributed by atoms with Gasteiger partial charge in [-0.15, -0.1) is 5.10 Å². The van der Waals surface area contributed by atoms with Crippen molar-refractivity contribution < 1.29 is 28.3 Å². The van der Waals surface area contributed by atoms with Crippen molar-refractivity contribution in [1.29, 1.82) is 0 Å². The molecule has 2 N–H and O–H groups in total. The number of fused-ring (bicyclic) bond motifs is 1. The van der Waals surface area contributed by atoms with Gasteiger partial charge >= 0.3 is 5.97 Å². The summed E-state index contributed by atoms with van der Waals surface area (Å²) in [5.74, 6) is -5.08. The average Bonchev–Trinajstić information content (AvgIpc) is 3.42. The van der Waals surface area contributed by atoms with Gasteiger partial charge in [0, 0.05) is 5.56 Å². The van der Waals surface area contributed by atoms with Crippen LogP contribution in [0.2, 0.25) is 5.02 Å². The topological polar surface area (TPSA) is 116 Å². The summed E-state index contributed by atoms with van der Waals surface area (Å²) in [6, 6.07) is 9.68. The lowest BCUT2D eigenvalue weighted by atomic mass is 10.0. The minimum Gasteiger partial charge on any atom is -0.478 e. The van der Waals surface area contributed by atoms with E-state index in [1.165, 1.54) is 42.6 Å². The summed E-state index contributed by atoms with van der Waals surface area (Å²) in [6.07, 6.45) is 1.39. The summed E-state index contributed by atoms with van der Waals surface area (Å²) in [7, 11) is 0. The number of nitrogens with zero attached hydrogens (tertiary/aromatic N) is 3. The molecule has 5 rings (SSSR count). The van der Waals surface area contributed by atoms with Gasteiger partial charge in [0.2, 0.25) is 0 Å². The third kappa shape index (κ3) is 3.32. The van der Waals surface area contributed by atoms with Crippen LogP contribution in [-0.4, -0.2) is 38.3 Å². The first kappa shape index (κ1) is 21.4. The van der Waals surface area contributed by atoms with Gasteiger partial charge in [0.05, 0.1) is 39.3 Å². The molecule has 0 atom stereocenters. The molecular formula is C23H11ClF2N4O4. The summed E-state index contributed by atoms with van der Waals surface area (Å²) in [6.45, 7) is 0. The van der Waals surface area contributed by atoms with Crippen LogP contribution in [-0.2, 0) is 0 Å². The van der Waals surface area contributed by atoms with E-state index in [2.05, 4.69) is 15.4 Å². The highest BCUT2D eigenvalue weighted by atomic mass is 35.5. The Hall–Kier alpha value is -4.44. The molecule has 2 amide bonds. The van der Waals surface area contributed by atoms with E-state index in [9.17, 15) is 28.3 Å². The zero-order valence-corrected chi connectivity index (χ0v) is 17.6. The minimum atomic E-state index is -1.38. The second-order valence-electron chi connectivity index (χ2n) is 7.36. The van der Waals surface area contributed by atoms with E-state index in [1.807, 2.05) is 0 Å². The van der Waals surface area contributed by atoms with Crippen molar-refractivity contribution in [2.45, 2.75) is 0 Å². The molecule has 0 saturated heterocycles. The highest BCUT2D eigenvalue weighted by Gasteiger charge is 2.39. The van der Waals surface area contributed by atoms with Gasteiger partial charge in [-0.2, -0.15) is 0 Å². The van der Waals surface area contributed by atoms with Gasteiger partial charge in [0.1, 0.15) is 0 Å². The Morgan fingerprint density at radius 2 is 1.59 bits per heavy atom. The van der Waals surface area contributed by atoms with Crippen molar-refractivity contribution in [3.05, 3.63) is 88.1 Å². The zero-order valence-electron chi connectivity index (χ0n) is 16.8. The number of amides is 2. The molecule has 4 aromatic rings. The monoisotopic (exact) mass is 480 g/mol. The third-order valence-electron chi connectivity index (χ3n) is 5.40. The normalized spacial score (nSPS) is 12.9. The maximum Gasteiger partial charge on any atom is 0.337 e. The molecule has 0 aliphatic carbocycles. The Labute approximate surface area is 194 Å². The van der Waals surface area contributed by atoms with E-state index < -0.39 is 29.4 Å². The van der Waals surface area contributed by atoms with E-state index in [1.54, 1.807) is 0 Å². The van der Waals surface area contributed by atoms with Crippen molar-refractivity contribution in [1.82, 2.24) is 15.4 Å². The first-order valence-corrected chi connectivity index (χ1v) is 10.1. The Morgan fingerprint density at radius 3 is 2.24 bits per heavy atom. The molecule has 0 saturated carbocycles. The first-order chi connectivity index (χ1) is 16.3. The van der Waals surface area contributed by atoms with Crippen LogP contribution < -0.4 is 4.90 Å². The molecule has 1 aromatic heterocycles. The number of hydrogen-bond acceptors (Lipinski definition) is 5. The van der Waals surface area contributed by atoms with Gasteiger partial charge < -0.3 is 5.11 Å². The second-order valence-corrected chi connectivity index (χ2v) is 7.77. The lowest BCUT2D eigenvalue weighted by molar-refractivity contribution is 0.0698. The maximum atomic E-state index is 13.8. The summed E-state index contributed by atoms with van der Waals surface area (Å²) in [4.78, 5) is 39.1. The van der Waals surface area contributed by atoms with Gasteiger partial charge in [0.25, 0.3) is 11.8 Å². The second kappa shape index (κ2) is 7.85. The van der Waals surface area contributed by atoms with E-state index in [4.69, 9.17) is 11.6 Å². The number of rotatable bonds is 4. The van der Waals surface area contributed by atoms with E-state index in [0.717, 1.165) is 17.0 Å². The number of imide groups is 1. The predicted octanol–water partition coefficient (Wildman–Crippen LogP) is 4.57. The van der Waals surface area contributed by atoms with Gasteiger partial charge in [-0.25, -0.2) is 18.5 Å². The molecule has 0 unspecified atom stereocenters. The van der Waals surface area contributed by atoms with Crippen molar-refractivity contribution >= 4 is 35.1 Å². The van der Waals surface area contributed by atoms with Crippen molar-refractivity contribution in [2.75, 3.05) is 4.90 Å². The Morgan fingerprint density at radius 1 is 0.912 bits per heavy atom. The lowest BCUT2D eigenvalue weighted by Gasteiger charge is -2.18. The molecule has 1 aliphatic heterocycles. The molecular weight excluding hydrogens is 470 g/mol. The van der Waals surface area contributed by atoms with Gasteiger partial charge in [-0.1, -0.05) is 28.9 Å². The van der Waals surface area contributed by atoms with E-state index in [-0.39, 0.29) is 38.5 Å². The number of aromatic carboxylic acids is 1. The van der Waals surface area contributed by atoms with Crippen LogP contribution in [0.1, 0.15) is 31.1 Å². The number of carbonyl (C=O) groups excluding carboxylic acids is 2. The minimum absolute atomic E-state index is 0.00793. The molecule has 0 spiro atoms. The van der Waals surface area contributed by atoms with Crippen molar-refractivity contribution in [3.63, 3.8) is 0 Å². The van der Waals surface area contributed by atoms with Crippen LogP contribution in [0.15, 0.2) is 54.7 Å². The largest absolute Gasteiger partial charge is 0.478 e. The Balaban J connectivity index is 1.65. The number of carboxylic acids is 1. The van der Waals surface area contributed by atoms with Crippen LogP contribution in [0.5, 0.6) is 0 Å². The number of benzene rings is 3. The van der Waals surface area contributed by atoms with Crippen LogP contribution >= 0.6 is 11.6 Å². The van der Waals surface area contributed by atoms with Crippen molar-refractivity contribution in [2.24, 2.45) is 0 Å². The lowest BCUT2D eigenvalue weighted by Crippen LogP contribution is -2.31. The van der Waals surface area contributed by atoms with Gasteiger partial charge in [-0.3, -0.25) is 14.7 Å². The number of halogens is 3. The fourth-order valence-corrected chi connectivity index (χ4v) is 4.03. The summed E-state index contributed by atoms with van der Waals surface area (Å²) in [5, 5.41) is 19.7. The summed E-state index contributed by atoms with van der Waals surface area (Å²) < 4.78 is 27.1. The summed E-state index contributed by atoms with van der Waals surface area (Å²) in [5.41, 5.74) is 0.741. The molecule has 0 fully saturated rings. The number of anilines is 1. The number of aromatic nitrogens is 3. The number of carboxylic acid groups (broad SMARTS) is 1. The van der Waals surface area contributed by atoms with Gasteiger partial charge in [0.15, 0.2) is 11.6 Å². The molecule has 0 bridgehead atoms. The standard InChI is InChI=1S/C23H11ClF2N4O4/c24-16-8-14-13(7-15(16)19-9-27-29-28-19)21(31)30(22(14)32)20-6-11(1-3-12(20)23(33)34)10-2-4-17(25)18(26)5-10/h1-9H,(H,33,34)(H,27,28,29). The molecule has 3 aromatic carbocycles. The first-order valence-electron chi connectivity index (χ1n) is 9.67. The van der Waals surface area contributed by atoms with Crippen LogP contribution in [0.4, 0.5) is 14.5 Å². The average molecular weight is 481 g/mol.